The monoisotopic (exact) mass is 652 g/mol. The summed E-state index contributed by atoms with van der Waals surface area (Å²) in [4.78, 5) is 0. The van der Waals surface area contributed by atoms with E-state index in [-0.39, 0.29) is 17.8 Å². The minimum Gasteiger partial charge on any atom is -0.408 e. The Morgan fingerprint density at radius 2 is 0.571 bits per heavy atom. The molecule has 0 heterocycles. The second-order valence-corrected chi connectivity index (χ2v) is 13.5. The van der Waals surface area contributed by atoms with E-state index in [1.807, 2.05) is 36.4 Å². The minimum atomic E-state index is -1.96. The van der Waals surface area contributed by atoms with Crippen molar-refractivity contribution >= 4 is 26.8 Å². The van der Waals surface area contributed by atoms with E-state index in [4.69, 9.17) is 13.6 Å². The molecule has 0 N–H and O–H groups in total. The maximum Gasteiger partial charge on any atom is 0.530 e. The molecule has 6 aromatic carbocycles. The van der Waals surface area contributed by atoms with Gasteiger partial charge in [-0.1, -0.05) is 164 Å². The van der Waals surface area contributed by atoms with Crippen molar-refractivity contribution in [2.75, 3.05) is 0 Å². The van der Waals surface area contributed by atoms with Gasteiger partial charge < -0.3 is 13.6 Å². The molecule has 9 rings (SSSR count). The quantitative estimate of drug-likeness (QED) is 0.146. The van der Waals surface area contributed by atoms with Gasteiger partial charge in [-0.25, -0.2) is 0 Å². The van der Waals surface area contributed by atoms with E-state index in [0.29, 0.717) is 0 Å². The van der Waals surface area contributed by atoms with Gasteiger partial charge in [0.1, 0.15) is 17.2 Å². The van der Waals surface area contributed by atoms with Crippen LogP contribution in [-0.2, 0) is 0 Å². The molecule has 236 valence electrons. The third-order valence-corrected chi connectivity index (χ3v) is 10.7. The van der Waals surface area contributed by atoms with Crippen molar-refractivity contribution < 1.29 is 13.6 Å². The van der Waals surface area contributed by atoms with Crippen molar-refractivity contribution in [2.24, 2.45) is 0 Å². The zero-order chi connectivity index (χ0) is 32.6. The van der Waals surface area contributed by atoms with Crippen LogP contribution in [0, 0.1) is 0 Å². The van der Waals surface area contributed by atoms with E-state index in [2.05, 4.69) is 146 Å². The molecular weight excluding hydrogens is 619 g/mol. The van der Waals surface area contributed by atoms with Gasteiger partial charge in [0.2, 0.25) is 0 Å². The predicted octanol–water partition coefficient (Wildman–Crippen LogP) is 11.9. The largest absolute Gasteiger partial charge is 0.530 e. The van der Waals surface area contributed by atoms with Crippen LogP contribution in [0.2, 0.25) is 0 Å². The molecule has 3 aliphatic rings. The maximum absolute atomic E-state index is 6.91. The van der Waals surface area contributed by atoms with E-state index in [1.54, 1.807) is 0 Å². The Kier molecular flexibility index (Phi) is 7.69. The minimum absolute atomic E-state index is 0.0732. The molecule has 0 saturated carbocycles. The van der Waals surface area contributed by atoms with Gasteiger partial charge in [-0.3, -0.25) is 0 Å². The summed E-state index contributed by atoms with van der Waals surface area (Å²) in [6.07, 6.45) is 13.3. The average molecular weight is 653 g/mol. The summed E-state index contributed by atoms with van der Waals surface area (Å²) in [7, 11) is -1.96. The highest BCUT2D eigenvalue weighted by Crippen LogP contribution is 2.51. The molecule has 3 unspecified atom stereocenters. The Bertz CT molecular complexity index is 2010. The lowest BCUT2D eigenvalue weighted by Gasteiger charge is -2.24. The maximum atomic E-state index is 6.91. The molecule has 3 aliphatic carbocycles. The van der Waals surface area contributed by atoms with Gasteiger partial charge in [0.05, 0.1) is 0 Å². The smallest absolute Gasteiger partial charge is 0.408 e. The van der Waals surface area contributed by atoms with E-state index in [0.717, 1.165) is 33.9 Å². The highest BCUT2D eigenvalue weighted by Gasteiger charge is 2.31. The predicted molar refractivity (Wildman–Crippen MR) is 200 cm³/mol. The third-order valence-electron chi connectivity index (χ3n) is 9.68. The topological polar surface area (TPSA) is 27.7 Å². The Hall–Kier alpha value is -5.63. The van der Waals surface area contributed by atoms with E-state index < -0.39 is 8.60 Å². The fourth-order valence-electron chi connectivity index (χ4n) is 7.32. The molecule has 0 radical (unpaired) electrons. The van der Waals surface area contributed by atoms with Crippen molar-refractivity contribution in [3.8, 4) is 17.2 Å². The third kappa shape index (κ3) is 5.57. The molecule has 0 spiro atoms. The Balaban J connectivity index is 1.10. The first-order chi connectivity index (χ1) is 24.3. The molecular formula is C45H33O3P. The molecule has 0 fully saturated rings. The van der Waals surface area contributed by atoms with Crippen LogP contribution in [0.5, 0.6) is 17.2 Å². The second kappa shape index (κ2) is 12.8. The summed E-state index contributed by atoms with van der Waals surface area (Å²) in [5.41, 5.74) is 10.7. The van der Waals surface area contributed by atoms with E-state index in [9.17, 15) is 0 Å². The van der Waals surface area contributed by atoms with Crippen LogP contribution in [0.4, 0.5) is 0 Å². The number of hydrogen-bond donors (Lipinski definition) is 0. The highest BCUT2D eigenvalue weighted by molar-refractivity contribution is 7.43. The first kappa shape index (κ1) is 29.5. The average Bonchev–Trinajstić information content (AvgIpc) is 3.90. The molecule has 49 heavy (non-hydrogen) atoms. The fraction of sp³-hybridized carbons (Fsp3) is 0.0667. The first-order valence-corrected chi connectivity index (χ1v) is 17.8. The summed E-state index contributed by atoms with van der Waals surface area (Å²) in [5, 5.41) is 0. The highest BCUT2D eigenvalue weighted by atomic mass is 31.2. The number of fused-ring (bicyclic) bond motifs is 3. The van der Waals surface area contributed by atoms with Crippen LogP contribution >= 0.6 is 8.60 Å². The molecule has 0 aromatic heterocycles. The lowest BCUT2D eigenvalue weighted by Crippen LogP contribution is -2.09. The zero-order valence-corrected chi connectivity index (χ0v) is 27.6. The SMILES string of the molecule is C1=CC(c2ccccc2OP(Oc2ccccc2C2C=Cc3ccccc32)Oc2ccccc2C2C=Cc3ccccc32)c2ccccc21. The summed E-state index contributed by atoms with van der Waals surface area (Å²) in [6, 6.07) is 50.3. The van der Waals surface area contributed by atoms with E-state index in [1.165, 1.54) is 33.4 Å². The van der Waals surface area contributed by atoms with Crippen molar-refractivity contribution in [1.29, 1.82) is 0 Å². The molecule has 0 aliphatic heterocycles. The lowest BCUT2D eigenvalue weighted by molar-refractivity contribution is 0.382. The number of allylic oxidation sites excluding steroid dienone is 3. The Labute approximate surface area is 288 Å². The molecule has 6 aromatic rings. The van der Waals surface area contributed by atoms with Gasteiger partial charge in [-0.2, -0.15) is 0 Å². The molecule has 3 atom stereocenters. The molecule has 4 heteroatoms. The van der Waals surface area contributed by atoms with Gasteiger partial charge in [-0.05, 0) is 51.6 Å². The van der Waals surface area contributed by atoms with Gasteiger partial charge >= 0.3 is 8.60 Å². The van der Waals surface area contributed by atoms with Crippen LogP contribution < -0.4 is 13.6 Å². The fourth-order valence-corrected chi connectivity index (χ4v) is 8.41. The van der Waals surface area contributed by atoms with Crippen LogP contribution in [0.1, 0.15) is 67.8 Å². The first-order valence-electron chi connectivity index (χ1n) is 16.7. The van der Waals surface area contributed by atoms with Crippen LogP contribution in [0.25, 0.3) is 18.2 Å². The second-order valence-electron chi connectivity index (χ2n) is 12.5. The Morgan fingerprint density at radius 1 is 0.306 bits per heavy atom. The van der Waals surface area contributed by atoms with Crippen molar-refractivity contribution in [2.45, 2.75) is 17.8 Å². The van der Waals surface area contributed by atoms with Crippen molar-refractivity contribution in [3.05, 3.63) is 214 Å². The lowest BCUT2D eigenvalue weighted by atomic mass is 9.92. The normalized spacial score (nSPS) is 18.5. The van der Waals surface area contributed by atoms with Gasteiger partial charge in [-0.15, -0.1) is 0 Å². The Morgan fingerprint density at radius 3 is 0.898 bits per heavy atom. The van der Waals surface area contributed by atoms with Gasteiger partial charge in [0, 0.05) is 34.4 Å². The molecule has 0 amide bonds. The summed E-state index contributed by atoms with van der Waals surface area (Å²) < 4.78 is 20.7. The zero-order valence-electron chi connectivity index (χ0n) is 26.7. The summed E-state index contributed by atoms with van der Waals surface area (Å²) in [5.74, 6) is 2.45. The van der Waals surface area contributed by atoms with Gasteiger partial charge in [0.25, 0.3) is 0 Å². The standard InChI is InChI=1S/C45H33O3P/c1-4-16-34-31(13-1)25-28-37(34)40-19-7-10-22-43(40)46-49(47-44-23-11-8-20-41(44)38-29-26-32-14-2-5-17-35(32)38)48-45-24-12-9-21-42(45)39-30-27-33-15-3-6-18-36(33)39/h1-30,37-39H. The molecule has 0 bridgehead atoms. The summed E-state index contributed by atoms with van der Waals surface area (Å²) >= 11 is 0. The molecule has 3 nitrogen and oxygen atoms in total. The molecule has 0 saturated heterocycles. The van der Waals surface area contributed by atoms with Crippen molar-refractivity contribution in [3.63, 3.8) is 0 Å². The summed E-state index contributed by atoms with van der Waals surface area (Å²) in [6.45, 7) is 0. The number of hydrogen-bond acceptors (Lipinski definition) is 3. The number of rotatable bonds is 9. The van der Waals surface area contributed by atoms with Gasteiger partial charge in [0.15, 0.2) is 0 Å². The van der Waals surface area contributed by atoms with Crippen molar-refractivity contribution in [1.82, 2.24) is 0 Å². The van der Waals surface area contributed by atoms with E-state index >= 15 is 0 Å². The van der Waals surface area contributed by atoms with Crippen LogP contribution in [-0.4, -0.2) is 0 Å². The van der Waals surface area contributed by atoms with Crippen LogP contribution in [0.3, 0.4) is 0 Å². The number of benzene rings is 6. The number of para-hydroxylation sites is 3. The van der Waals surface area contributed by atoms with Crippen LogP contribution in [0.15, 0.2) is 164 Å².